The number of fused-ring (bicyclic) bond motifs is 2. The predicted molar refractivity (Wildman–Crippen MR) is 93.6 cm³/mol. The van der Waals surface area contributed by atoms with Gasteiger partial charge in [-0.15, -0.1) is 0 Å². The third-order valence-corrected chi connectivity index (χ3v) is 5.84. The lowest BCUT2D eigenvalue weighted by atomic mass is 9.91. The molecule has 5 heteroatoms. The van der Waals surface area contributed by atoms with Gasteiger partial charge in [-0.1, -0.05) is 12.1 Å². The zero-order valence-electron chi connectivity index (χ0n) is 15.1. The zero-order valence-corrected chi connectivity index (χ0v) is 15.1. The number of esters is 1. The Hall–Kier alpha value is -1.88. The molecule has 1 atom stereocenters. The summed E-state index contributed by atoms with van der Waals surface area (Å²) in [6.07, 6.45) is 3.66. The maximum absolute atomic E-state index is 13.3. The van der Waals surface area contributed by atoms with Crippen molar-refractivity contribution in [2.45, 2.75) is 63.0 Å². The second-order valence-electron chi connectivity index (χ2n) is 8.08. The number of ether oxygens (including phenoxy) is 2. The molecule has 0 bridgehead atoms. The highest BCUT2D eigenvalue weighted by atomic mass is 16.5. The molecular weight excluding hydrogens is 318 g/mol. The molecule has 1 saturated carbocycles. The van der Waals surface area contributed by atoms with E-state index in [0.29, 0.717) is 6.61 Å². The number of methoxy groups -OCH3 is 1. The van der Waals surface area contributed by atoms with Crippen molar-refractivity contribution in [3.8, 4) is 0 Å². The Morgan fingerprint density at radius 1 is 1.36 bits per heavy atom. The van der Waals surface area contributed by atoms with Crippen molar-refractivity contribution in [1.82, 2.24) is 0 Å². The van der Waals surface area contributed by atoms with Gasteiger partial charge in [0.05, 0.1) is 24.5 Å². The number of hydrogen-bond acceptors (Lipinski definition) is 4. The minimum atomic E-state index is -0.400. The van der Waals surface area contributed by atoms with Gasteiger partial charge in [-0.3, -0.25) is 9.59 Å². The van der Waals surface area contributed by atoms with Crippen molar-refractivity contribution in [3.63, 3.8) is 0 Å². The summed E-state index contributed by atoms with van der Waals surface area (Å²) in [6, 6.07) is 6.09. The second-order valence-corrected chi connectivity index (χ2v) is 8.08. The Labute approximate surface area is 148 Å². The number of carbonyl (C=O) groups is 2. The Morgan fingerprint density at radius 3 is 2.76 bits per heavy atom. The summed E-state index contributed by atoms with van der Waals surface area (Å²) in [7, 11) is 1.40. The number of anilines is 1. The molecule has 1 aromatic carbocycles. The summed E-state index contributed by atoms with van der Waals surface area (Å²) in [5, 5.41) is 0. The summed E-state index contributed by atoms with van der Waals surface area (Å²) in [5.41, 5.74) is 2.37. The van der Waals surface area contributed by atoms with Crippen LogP contribution in [0.15, 0.2) is 18.2 Å². The molecule has 0 aromatic heterocycles. The molecule has 2 fully saturated rings. The first-order valence-corrected chi connectivity index (χ1v) is 9.05. The van der Waals surface area contributed by atoms with E-state index in [1.54, 1.807) is 0 Å². The predicted octanol–water partition coefficient (Wildman–Crippen LogP) is 2.74. The van der Waals surface area contributed by atoms with E-state index >= 15 is 0 Å². The van der Waals surface area contributed by atoms with Gasteiger partial charge in [0.15, 0.2) is 0 Å². The van der Waals surface area contributed by atoms with Crippen molar-refractivity contribution in [3.05, 3.63) is 29.3 Å². The van der Waals surface area contributed by atoms with E-state index in [4.69, 9.17) is 9.47 Å². The molecule has 0 radical (unpaired) electrons. The van der Waals surface area contributed by atoms with Crippen LogP contribution in [0.25, 0.3) is 0 Å². The van der Waals surface area contributed by atoms with Crippen LogP contribution in [0.2, 0.25) is 0 Å². The fraction of sp³-hybridized carbons (Fsp3) is 0.600. The van der Waals surface area contributed by atoms with Gasteiger partial charge >= 0.3 is 5.97 Å². The largest absolute Gasteiger partial charge is 0.469 e. The van der Waals surface area contributed by atoms with Gasteiger partial charge in [0.2, 0.25) is 5.91 Å². The van der Waals surface area contributed by atoms with E-state index < -0.39 is 5.41 Å². The topological polar surface area (TPSA) is 55.8 Å². The second kappa shape index (κ2) is 5.56. The van der Waals surface area contributed by atoms with Crippen molar-refractivity contribution >= 4 is 17.6 Å². The van der Waals surface area contributed by atoms with Gasteiger partial charge in [0.1, 0.15) is 0 Å². The average molecular weight is 343 g/mol. The first-order valence-electron chi connectivity index (χ1n) is 9.05. The number of amides is 1. The lowest BCUT2D eigenvalue weighted by Crippen LogP contribution is -2.48. The Kier molecular flexibility index (Phi) is 3.69. The standard InChI is InChI=1S/C20H25NO4/c1-19(2)12-14(7-10-25-19)21-15-6-4-5-13(11-16(22)24-3)17(15)20(8-9-20)18(21)23/h4-6,14H,7-12H2,1-3H3/t14-/m0/s1. The van der Waals surface area contributed by atoms with Gasteiger partial charge < -0.3 is 14.4 Å². The minimum absolute atomic E-state index is 0.156. The maximum Gasteiger partial charge on any atom is 0.309 e. The van der Waals surface area contributed by atoms with Crippen LogP contribution < -0.4 is 4.90 Å². The van der Waals surface area contributed by atoms with Gasteiger partial charge in [-0.05, 0) is 56.7 Å². The Bertz CT molecular complexity index is 735. The Morgan fingerprint density at radius 2 is 2.12 bits per heavy atom. The summed E-state index contributed by atoms with van der Waals surface area (Å²) < 4.78 is 10.7. The minimum Gasteiger partial charge on any atom is -0.469 e. The van der Waals surface area contributed by atoms with Crippen LogP contribution in [0.3, 0.4) is 0 Å². The number of carbonyl (C=O) groups excluding carboxylic acids is 2. The fourth-order valence-electron chi connectivity index (χ4n) is 4.53. The summed E-state index contributed by atoms with van der Waals surface area (Å²) in [5.74, 6) is -0.0511. The van der Waals surface area contributed by atoms with Crippen molar-refractivity contribution in [2.24, 2.45) is 0 Å². The molecule has 5 nitrogen and oxygen atoms in total. The summed E-state index contributed by atoms with van der Waals surface area (Å²) in [6.45, 7) is 4.84. The number of hydrogen-bond donors (Lipinski definition) is 0. The van der Waals surface area contributed by atoms with Crippen LogP contribution in [0.4, 0.5) is 5.69 Å². The normalized spacial score (nSPS) is 25.8. The molecule has 0 unspecified atom stereocenters. The fourth-order valence-corrected chi connectivity index (χ4v) is 4.53. The van der Waals surface area contributed by atoms with Crippen LogP contribution in [-0.2, 0) is 30.9 Å². The maximum atomic E-state index is 13.3. The quantitative estimate of drug-likeness (QED) is 0.792. The molecule has 1 saturated heterocycles. The molecule has 1 amide bonds. The van der Waals surface area contributed by atoms with E-state index in [1.807, 2.05) is 23.1 Å². The van der Waals surface area contributed by atoms with Crippen LogP contribution in [0.1, 0.15) is 50.7 Å². The SMILES string of the molecule is COC(=O)Cc1cccc2c1C1(CC1)C(=O)N2[C@H]1CCOC(C)(C)C1. The zero-order chi connectivity index (χ0) is 17.8. The molecule has 0 N–H and O–H groups in total. The van der Waals surface area contributed by atoms with Gasteiger partial charge in [-0.2, -0.15) is 0 Å². The summed E-state index contributed by atoms with van der Waals surface area (Å²) in [4.78, 5) is 27.2. The number of nitrogens with zero attached hydrogens (tertiary/aromatic N) is 1. The van der Waals surface area contributed by atoms with Crippen LogP contribution in [-0.4, -0.2) is 37.2 Å². The molecule has 4 rings (SSSR count). The van der Waals surface area contributed by atoms with E-state index in [-0.39, 0.29) is 29.9 Å². The molecule has 1 aliphatic carbocycles. The first kappa shape index (κ1) is 16.6. The van der Waals surface area contributed by atoms with Gasteiger partial charge in [0.25, 0.3) is 0 Å². The Balaban J connectivity index is 1.75. The first-order chi connectivity index (χ1) is 11.9. The molecule has 2 heterocycles. The van der Waals surface area contributed by atoms with E-state index in [2.05, 4.69) is 13.8 Å². The van der Waals surface area contributed by atoms with Crippen LogP contribution >= 0.6 is 0 Å². The highest BCUT2D eigenvalue weighted by Gasteiger charge is 2.61. The third-order valence-electron chi connectivity index (χ3n) is 5.84. The van der Waals surface area contributed by atoms with Gasteiger partial charge in [0, 0.05) is 18.3 Å². The lowest BCUT2D eigenvalue weighted by molar-refractivity contribution is -0.139. The van der Waals surface area contributed by atoms with E-state index in [9.17, 15) is 9.59 Å². The van der Waals surface area contributed by atoms with Crippen LogP contribution in [0.5, 0.6) is 0 Å². The highest BCUT2D eigenvalue weighted by Crippen LogP contribution is 2.59. The van der Waals surface area contributed by atoms with E-state index in [0.717, 1.165) is 42.5 Å². The van der Waals surface area contributed by atoms with Crippen molar-refractivity contribution in [1.29, 1.82) is 0 Å². The van der Waals surface area contributed by atoms with E-state index in [1.165, 1.54) is 7.11 Å². The third kappa shape index (κ3) is 2.56. The molecule has 1 spiro atoms. The number of benzene rings is 1. The molecule has 1 aromatic rings. The van der Waals surface area contributed by atoms with Crippen molar-refractivity contribution in [2.75, 3.05) is 18.6 Å². The summed E-state index contributed by atoms with van der Waals surface area (Å²) >= 11 is 0. The lowest BCUT2D eigenvalue weighted by Gasteiger charge is -2.40. The van der Waals surface area contributed by atoms with Gasteiger partial charge in [-0.25, -0.2) is 0 Å². The number of rotatable bonds is 3. The van der Waals surface area contributed by atoms with Crippen molar-refractivity contribution < 1.29 is 19.1 Å². The molecule has 3 aliphatic rings. The molecule has 134 valence electrons. The molecule has 2 aliphatic heterocycles. The molecular formula is C20H25NO4. The monoisotopic (exact) mass is 343 g/mol. The molecule has 25 heavy (non-hydrogen) atoms. The smallest absolute Gasteiger partial charge is 0.309 e. The highest BCUT2D eigenvalue weighted by molar-refractivity contribution is 6.11. The average Bonchev–Trinajstić information content (AvgIpc) is 3.31. The van der Waals surface area contributed by atoms with Crippen LogP contribution in [0, 0.1) is 0 Å².